The third kappa shape index (κ3) is 3.86. The average molecular weight is 368 g/mol. The molecule has 0 radical (unpaired) electrons. The summed E-state index contributed by atoms with van der Waals surface area (Å²) >= 11 is 1.57. The van der Waals surface area contributed by atoms with E-state index in [1.165, 1.54) is 0 Å². The van der Waals surface area contributed by atoms with Crippen LogP contribution in [0.1, 0.15) is 13.3 Å². The summed E-state index contributed by atoms with van der Waals surface area (Å²) in [7, 11) is 3.24. The van der Waals surface area contributed by atoms with Gasteiger partial charge in [0.2, 0.25) is 5.91 Å². The van der Waals surface area contributed by atoms with Gasteiger partial charge in [0, 0.05) is 28.6 Å². The minimum atomic E-state index is 0.00199. The van der Waals surface area contributed by atoms with Gasteiger partial charge in [-0.2, -0.15) is 0 Å². The molecule has 3 aromatic rings. The van der Waals surface area contributed by atoms with E-state index in [0.717, 1.165) is 27.5 Å². The van der Waals surface area contributed by atoms with Gasteiger partial charge in [-0.25, -0.2) is 4.98 Å². The normalized spacial score (nSPS) is 10.4. The SMILES string of the molecule is CCC(=O)Nc1ccc(-c2csc(-c3ccc(OC)c(OC)c3)n2)cc1. The number of hydrogen-bond donors (Lipinski definition) is 1. The van der Waals surface area contributed by atoms with Gasteiger partial charge in [0.1, 0.15) is 5.01 Å². The number of methoxy groups -OCH3 is 2. The van der Waals surface area contributed by atoms with Crippen molar-refractivity contribution in [3.05, 3.63) is 47.8 Å². The van der Waals surface area contributed by atoms with Gasteiger partial charge in [-0.15, -0.1) is 11.3 Å². The molecular formula is C20H20N2O3S. The Balaban J connectivity index is 1.82. The third-order valence-corrected chi connectivity index (χ3v) is 4.81. The van der Waals surface area contributed by atoms with E-state index in [1.807, 2.05) is 54.8 Å². The molecule has 0 aliphatic heterocycles. The van der Waals surface area contributed by atoms with Crippen molar-refractivity contribution in [1.29, 1.82) is 0 Å². The van der Waals surface area contributed by atoms with Crippen LogP contribution in [0.25, 0.3) is 21.8 Å². The van der Waals surface area contributed by atoms with Crippen LogP contribution >= 0.6 is 11.3 Å². The molecule has 0 saturated carbocycles. The van der Waals surface area contributed by atoms with Gasteiger partial charge >= 0.3 is 0 Å². The first-order valence-corrected chi connectivity index (χ1v) is 9.10. The van der Waals surface area contributed by atoms with E-state index in [-0.39, 0.29) is 5.91 Å². The molecule has 1 heterocycles. The van der Waals surface area contributed by atoms with E-state index < -0.39 is 0 Å². The highest BCUT2D eigenvalue weighted by Gasteiger charge is 2.11. The maximum Gasteiger partial charge on any atom is 0.224 e. The zero-order chi connectivity index (χ0) is 18.5. The zero-order valence-electron chi connectivity index (χ0n) is 14.9. The maximum absolute atomic E-state index is 11.5. The summed E-state index contributed by atoms with van der Waals surface area (Å²) in [5.41, 5.74) is 3.66. The number of nitrogens with zero attached hydrogens (tertiary/aromatic N) is 1. The number of benzene rings is 2. The van der Waals surface area contributed by atoms with Crippen molar-refractivity contribution in [1.82, 2.24) is 4.98 Å². The van der Waals surface area contributed by atoms with Crippen LogP contribution < -0.4 is 14.8 Å². The average Bonchev–Trinajstić information content (AvgIpc) is 3.18. The van der Waals surface area contributed by atoms with Crippen LogP contribution in [0, 0.1) is 0 Å². The lowest BCUT2D eigenvalue weighted by Gasteiger charge is -2.08. The van der Waals surface area contributed by atoms with Gasteiger partial charge in [0.05, 0.1) is 19.9 Å². The van der Waals surface area contributed by atoms with Crippen LogP contribution in [-0.2, 0) is 4.79 Å². The number of nitrogens with one attached hydrogen (secondary N) is 1. The number of aromatic nitrogens is 1. The first kappa shape index (κ1) is 17.9. The molecule has 5 nitrogen and oxygen atoms in total. The topological polar surface area (TPSA) is 60.5 Å². The molecule has 0 spiro atoms. The molecule has 26 heavy (non-hydrogen) atoms. The second-order valence-corrected chi connectivity index (χ2v) is 6.44. The fraction of sp³-hybridized carbons (Fsp3) is 0.200. The Morgan fingerprint density at radius 3 is 2.38 bits per heavy atom. The monoisotopic (exact) mass is 368 g/mol. The summed E-state index contributed by atoms with van der Waals surface area (Å²) < 4.78 is 10.6. The Morgan fingerprint density at radius 1 is 1.04 bits per heavy atom. The van der Waals surface area contributed by atoms with E-state index >= 15 is 0 Å². The fourth-order valence-electron chi connectivity index (χ4n) is 2.48. The second-order valence-electron chi connectivity index (χ2n) is 5.59. The van der Waals surface area contributed by atoms with Crippen molar-refractivity contribution in [2.75, 3.05) is 19.5 Å². The van der Waals surface area contributed by atoms with Crippen LogP contribution in [0.3, 0.4) is 0 Å². The number of carbonyl (C=O) groups is 1. The van der Waals surface area contributed by atoms with Crippen LogP contribution in [-0.4, -0.2) is 25.1 Å². The molecule has 2 aromatic carbocycles. The van der Waals surface area contributed by atoms with Crippen molar-refractivity contribution < 1.29 is 14.3 Å². The second kappa shape index (κ2) is 8.01. The Hall–Kier alpha value is -2.86. The summed E-state index contributed by atoms with van der Waals surface area (Å²) in [6.45, 7) is 1.83. The van der Waals surface area contributed by atoms with E-state index in [1.54, 1.807) is 25.6 Å². The number of carbonyl (C=O) groups excluding carboxylic acids is 1. The zero-order valence-corrected chi connectivity index (χ0v) is 15.7. The molecule has 1 amide bonds. The van der Waals surface area contributed by atoms with Gasteiger partial charge in [0.25, 0.3) is 0 Å². The largest absolute Gasteiger partial charge is 0.493 e. The van der Waals surface area contributed by atoms with Gasteiger partial charge in [-0.05, 0) is 30.3 Å². The summed E-state index contributed by atoms with van der Waals surface area (Å²) in [5, 5.41) is 5.77. The van der Waals surface area contributed by atoms with Crippen molar-refractivity contribution in [2.45, 2.75) is 13.3 Å². The number of hydrogen-bond acceptors (Lipinski definition) is 5. The number of amides is 1. The van der Waals surface area contributed by atoms with Crippen molar-refractivity contribution >= 4 is 22.9 Å². The van der Waals surface area contributed by atoms with Crippen molar-refractivity contribution in [3.8, 4) is 33.3 Å². The fourth-order valence-corrected chi connectivity index (χ4v) is 3.31. The minimum Gasteiger partial charge on any atom is -0.493 e. The number of anilines is 1. The Bertz CT molecular complexity index is 904. The highest BCUT2D eigenvalue weighted by Crippen LogP contribution is 2.35. The van der Waals surface area contributed by atoms with Gasteiger partial charge < -0.3 is 14.8 Å². The molecule has 0 bridgehead atoms. The number of ether oxygens (including phenoxy) is 2. The molecule has 0 aliphatic rings. The molecule has 0 atom stereocenters. The molecule has 0 aliphatic carbocycles. The third-order valence-electron chi connectivity index (χ3n) is 3.92. The summed E-state index contributed by atoms with van der Waals surface area (Å²) in [6.07, 6.45) is 0.461. The van der Waals surface area contributed by atoms with Crippen molar-refractivity contribution in [2.24, 2.45) is 0 Å². The van der Waals surface area contributed by atoms with Crippen LogP contribution in [0.4, 0.5) is 5.69 Å². The first-order chi connectivity index (χ1) is 12.6. The van der Waals surface area contributed by atoms with E-state index in [2.05, 4.69) is 5.32 Å². The lowest BCUT2D eigenvalue weighted by Crippen LogP contribution is -2.08. The van der Waals surface area contributed by atoms with Crippen LogP contribution in [0.15, 0.2) is 47.8 Å². The van der Waals surface area contributed by atoms with Gasteiger partial charge in [0.15, 0.2) is 11.5 Å². The van der Waals surface area contributed by atoms with E-state index in [0.29, 0.717) is 17.9 Å². The highest BCUT2D eigenvalue weighted by molar-refractivity contribution is 7.13. The van der Waals surface area contributed by atoms with Crippen molar-refractivity contribution in [3.63, 3.8) is 0 Å². The summed E-state index contributed by atoms with van der Waals surface area (Å²) in [4.78, 5) is 16.2. The molecular weight excluding hydrogens is 348 g/mol. The Kier molecular flexibility index (Phi) is 5.53. The number of thiazole rings is 1. The molecule has 0 fully saturated rings. The summed E-state index contributed by atoms with van der Waals surface area (Å²) in [5.74, 6) is 1.37. The molecule has 1 N–H and O–H groups in total. The predicted octanol–water partition coefficient (Wildman–Crippen LogP) is 4.84. The first-order valence-electron chi connectivity index (χ1n) is 8.22. The highest BCUT2D eigenvalue weighted by atomic mass is 32.1. The van der Waals surface area contributed by atoms with Gasteiger partial charge in [-0.3, -0.25) is 4.79 Å². The Morgan fingerprint density at radius 2 is 1.73 bits per heavy atom. The van der Waals surface area contributed by atoms with E-state index in [9.17, 15) is 4.79 Å². The minimum absolute atomic E-state index is 0.00199. The quantitative estimate of drug-likeness (QED) is 0.676. The maximum atomic E-state index is 11.5. The lowest BCUT2D eigenvalue weighted by molar-refractivity contribution is -0.115. The van der Waals surface area contributed by atoms with Crippen LogP contribution in [0.5, 0.6) is 11.5 Å². The molecule has 1 aromatic heterocycles. The smallest absolute Gasteiger partial charge is 0.224 e. The number of rotatable bonds is 6. The molecule has 3 rings (SSSR count). The standard InChI is InChI=1S/C20H20N2O3S/c1-4-19(23)21-15-8-5-13(6-9-15)16-12-26-20(22-16)14-7-10-17(24-2)18(11-14)25-3/h5-12H,4H2,1-3H3,(H,21,23). The Labute approximate surface area is 156 Å². The predicted molar refractivity (Wildman–Crippen MR) is 105 cm³/mol. The molecule has 134 valence electrons. The molecule has 0 saturated heterocycles. The lowest BCUT2D eigenvalue weighted by atomic mass is 10.1. The molecule has 0 unspecified atom stereocenters. The molecule has 6 heteroatoms. The van der Waals surface area contributed by atoms with Gasteiger partial charge in [-0.1, -0.05) is 19.1 Å². The van der Waals surface area contributed by atoms with E-state index in [4.69, 9.17) is 14.5 Å². The van der Waals surface area contributed by atoms with Crippen LogP contribution in [0.2, 0.25) is 0 Å². The summed E-state index contributed by atoms with van der Waals surface area (Å²) in [6, 6.07) is 13.5.